The zero-order valence-corrected chi connectivity index (χ0v) is 10.3. The molecular weight excluding hydrogens is 172 g/mol. The fourth-order valence-corrected chi connectivity index (χ4v) is 2.31. The average molecular weight is 198 g/mol. The molecule has 14 heavy (non-hydrogen) atoms. The maximum atomic E-state index is 3.62. The van der Waals surface area contributed by atoms with E-state index in [2.05, 4.69) is 37.9 Å². The number of piperidine rings is 1. The Balaban J connectivity index is 2.21. The predicted octanol–water partition coefficient (Wildman–Crippen LogP) is 2.25. The van der Waals surface area contributed by atoms with Crippen LogP contribution in [0, 0.1) is 0 Å². The summed E-state index contributed by atoms with van der Waals surface area (Å²) >= 11 is 0. The molecule has 1 atom stereocenters. The first-order chi connectivity index (χ1) is 6.47. The maximum Gasteiger partial charge on any atom is 0.0171 e. The second-order valence-corrected chi connectivity index (χ2v) is 5.66. The van der Waals surface area contributed by atoms with Crippen molar-refractivity contribution in [3.63, 3.8) is 0 Å². The fourth-order valence-electron chi connectivity index (χ4n) is 2.31. The van der Waals surface area contributed by atoms with Gasteiger partial charge in [-0.3, -0.25) is 0 Å². The van der Waals surface area contributed by atoms with Crippen molar-refractivity contribution in [3.8, 4) is 0 Å². The smallest absolute Gasteiger partial charge is 0.0171 e. The van der Waals surface area contributed by atoms with Gasteiger partial charge in [-0.1, -0.05) is 6.42 Å². The molecule has 84 valence electrons. The van der Waals surface area contributed by atoms with Crippen LogP contribution in [0.5, 0.6) is 0 Å². The van der Waals surface area contributed by atoms with E-state index in [4.69, 9.17) is 0 Å². The van der Waals surface area contributed by atoms with Gasteiger partial charge in [-0.2, -0.15) is 0 Å². The summed E-state index contributed by atoms with van der Waals surface area (Å²) in [5.41, 5.74) is 0.245. The van der Waals surface area contributed by atoms with Crippen LogP contribution < -0.4 is 5.32 Å². The molecular formula is C12H26N2. The maximum absolute atomic E-state index is 3.62. The lowest BCUT2D eigenvalue weighted by Gasteiger charge is -2.32. The molecule has 2 heteroatoms. The normalized spacial score (nSPS) is 22.3. The minimum Gasteiger partial charge on any atom is -0.308 e. The largest absolute Gasteiger partial charge is 0.308 e. The fraction of sp³-hybridized carbons (Fsp3) is 1.00. The summed E-state index contributed by atoms with van der Waals surface area (Å²) in [4.78, 5) is 2.59. The van der Waals surface area contributed by atoms with E-state index in [0.29, 0.717) is 6.04 Å². The van der Waals surface area contributed by atoms with E-state index in [9.17, 15) is 0 Å². The highest BCUT2D eigenvalue weighted by Crippen LogP contribution is 2.10. The van der Waals surface area contributed by atoms with Crippen molar-refractivity contribution in [3.05, 3.63) is 0 Å². The third-order valence-corrected chi connectivity index (χ3v) is 2.66. The van der Waals surface area contributed by atoms with Crippen molar-refractivity contribution in [2.24, 2.45) is 0 Å². The van der Waals surface area contributed by atoms with E-state index >= 15 is 0 Å². The monoisotopic (exact) mass is 198 g/mol. The molecule has 0 bridgehead atoms. The van der Waals surface area contributed by atoms with E-state index in [1.54, 1.807) is 0 Å². The van der Waals surface area contributed by atoms with E-state index in [-0.39, 0.29) is 5.54 Å². The van der Waals surface area contributed by atoms with Gasteiger partial charge in [0.2, 0.25) is 0 Å². The number of likely N-dealkylation sites (tertiary alicyclic amines) is 1. The van der Waals surface area contributed by atoms with Gasteiger partial charge < -0.3 is 10.2 Å². The summed E-state index contributed by atoms with van der Waals surface area (Å²) in [5.74, 6) is 0. The summed E-state index contributed by atoms with van der Waals surface area (Å²) in [7, 11) is 0. The molecule has 0 aliphatic carbocycles. The van der Waals surface area contributed by atoms with Crippen LogP contribution in [0.25, 0.3) is 0 Å². The number of hydrogen-bond acceptors (Lipinski definition) is 2. The lowest BCUT2D eigenvalue weighted by molar-refractivity contribution is 0.197. The zero-order chi connectivity index (χ0) is 10.6. The van der Waals surface area contributed by atoms with Crippen molar-refractivity contribution in [2.75, 3.05) is 19.6 Å². The third kappa shape index (κ3) is 4.97. The minimum absolute atomic E-state index is 0.245. The Morgan fingerprint density at radius 1 is 1.14 bits per heavy atom. The molecule has 0 aromatic carbocycles. The van der Waals surface area contributed by atoms with Crippen LogP contribution >= 0.6 is 0 Å². The molecule has 1 N–H and O–H groups in total. The van der Waals surface area contributed by atoms with Gasteiger partial charge in [0.1, 0.15) is 0 Å². The van der Waals surface area contributed by atoms with Gasteiger partial charge in [-0.15, -0.1) is 0 Å². The molecule has 1 heterocycles. The summed E-state index contributed by atoms with van der Waals surface area (Å²) in [6.45, 7) is 12.8. The van der Waals surface area contributed by atoms with Crippen LogP contribution in [0.15, 0.2) is 0 Å². The Bertz CT molecular complexity index is 154. The molecule has 0 aromatic rings. The Labute approximate surface area is 89.1 Å². The quantitative estimate of drug-likeness (QED) is 0.748. The van der Waals surface area contributed by atoms with Gasteiger partial charge in [-0.25, -0.2) is 0 Å². The lowest BCUT2D eigenvalue weighted by atomic mass is 10.1. The van der Waals surface area contributed by atoms with Crippen LogP contribution in [0.3, 0.4) is 0 Å². The molecule has 1 saturated heterocycles. The average Bonchev–Trinajstić information content (AvgIpc) is 2.02. The minimum atomic E-state index is 0.245. The molecule has 0 radical (unpaired) electrons. The molecule has 1 aliphatic heterocycles. The number of nitrogens with one attached hydrogen (secondary N) is 1. The molecule has 1 aliphatic rings. The van der Waals surface area contributed by atoms with Crippen LogP contribution in [-0.4, -0.2) is 36.1 Å². The number of nitrogens with zero attached hydrogens (tertiary/aromatic N) is 1. The highest BCUT2D eigenvalue weighted by molar-refractivity contribution is 4.78. The Morgan fingerprint density at radius 2 is 1.71 bits per heavy atom. The molecule has 0 spiro atoms. The third-order valence-electron chi connectivity index (χ3n) is 2.66. The van der Waals surface area contributed by atoms with Gasteiger partial charge >= 0.3 is 0 Å². The molecule has 0 aromatic heterocycles. The van der Waals surface area contributed by atoms with Crippen LogP contribution in [0.4, 0.5) is 0 Å². The van der Waals surface area contributed by atoms with Gasteiger partial charge in [0, 0.05) is 18.1 Å². The highest BCUT2D eigenvalue weighted by Gasteiger charge is 2.17. The Morgan fingerprint density at radius 3 is 2.21 bits per heavy atom. The van der Waals surface area contributed by atoms with Crippen molar-refractivity contribution < 1.29 is 0 Å². The van der Waals surface area contributed by atoms with E-state index in [1.165, 1.54) is 38.9 Å². The Hall–Kier alpha value is -0.0800. The van der Waals surface area contributed by atoms with Crippen LogP contribution in [0.1, 0.15) is 47.0 Å². The summed E-state index contributed by atoms with van der Waals surface area (Å²) in [6.07, 6.45) is 4.21. The predicted molar refractivity (Wildman–Crippen MR) is 62.6 cm³/mol. The topological polar surface area (TPSA) is 15.3 Å². The van der Waals surface area contributed by atoms with Crippen molar-refractivity contribution in [2.45, 2.75) is 58.5 Å². The number of hydrogen-bond donors (Lipinski definition) is 1. The second kappa shape index (κ2) is 5.13. The standard InChI is InChI=1S/C12H26N2/c1-11(13-12(2,3)4)10-14-8-6-5-7-9-14/h11,13H,5-10H2,1-4H3. The van der Waals surface area contributed by atoms with Gasteiger partial charge in [0.15, 0.2) is 0 Å². The molecule has 1 unspecified atom stereocenters. The second-order valence-electron chi connectivity index (χ2n) is 5.66. The highest BCUT2D eigenvalue weighted by atomic mass is 15.2. The molecule has 0 amide bonds. The first-order valence-corrected chi connectivity index (χ1v) is 5.97. The molecule has 1 rings (SSSR count). The van der Waals surface area contributed by atoms with Crippen molar-refractivity contribution in [1.29, 1.82) is 0 Å². The van der Waals surface area contributed by atoms with Crippen LogP contribution in [-0.2, 0) is 0 Å². The van der Waals surface area contributed by atoms with E-state index in [0.717, 1.165) is 0 Å². The van der Waals surface area contributed by atoms with Gasteiger partial charge in [0.05, 0.1) is 0 Å². The van der Waals surface area contributed by atoms with Crippen molar-refractivity contribution >= 4 is 0 Å². The summed E-state index contributed by atoms with van der Waals surface area (Å²) < 4.78 is 0. The van der Waals surface area contributed by atoms with E-state index < -0.39 is 0 Å². The SMILES string of the molecule is CC(CN1CCCCC1)NC(C)(C)C. The van der Waals surface area contributed by atoms with Crippen LogP contribution in [0.2, 0.25) is 0 Å². The van der Waals surface area contributed by atoms with Crippen molar-refractivity contribution in [1.82, 2.24) is 10.2 Å². The van der Waals surface area contributed by atoms with Gasteiger partial charge in [0.25, 0.3) is 0 Å². The molecule has 2 nitrogen and oxygen atoms in total. The first-order valence-electron chi connectivity index (χ1n) is 5.97. The summed E-state index contributed by atoms with van der Waals surface area (Å²) in [5, 5.41) is 3.62. The zero-order valence-electron chi connectivity index (χ0n) is 10.3. The number of rotatable bonds is 3. The first kappa shape index (κ1) is 12.0. The van der Waals surface area contributed by atoms with E-state index in [1.807, 2.05) is 0 Å². The Kier molecular flexibility index (Phi) is 4.39. The lowest BCUT2D eigenvalue weighted by Crippen LogP contribution is -2.48. The molecule has 0 saturated carbocycles. The van der Waals surface area contributed by atoms with Gasteiger partial charge in [-0.05, 0) is 53.6 Å². The molecule has 1 fully saturated rings. The summed E-state index contributed by atoms with van der Waals surface area (Å²) in [6, 6.07) is 0.605.